The van der Waals surface area contributed by atoms with Gasteiger partial charge in [-0.3, -0.25) is 0 Å². The average Bonchev–Trinajstić information content (AvgIpc) is 2.03. The lowest BCUT2D eigenvalue weighted by Crippen LogP contribution is -2.36. The zero-order valence-corrected chi connectivity index (χ0v) is 8.60. The van der Waals surface area contributed by atoms with Crippen LogP contribution in [0.2, 0.25) is 0 Å². The van der Waals surface area contributed by atoms with Crippen molar-refractivity contribution in [3.05, 3.63) is 0 Å². The number of hydrogen-bond acceptors (Lipinski definition) is 2. The maximum absolute atomic E-state index is 10.5. The highest BCUT2D eigenvalue weighted by Gasteiger charge is 2.14. The number of carboxylic acid groups (broad SMARTS) is 2. The van der Waals surface area contributed by atoms with Crippen molar-refractivity contribution in [3.8, 4) is 0 Å². The predicted octanol–water partition coefficient (Wildman–Crippen LogP) is 0.842. The third-order valence-corrected chi connectivity index (χ3v) is 1.82. The van der Waals surface area contributed by atoms with Crippen LogP contribution in [-0.4, -0.2) is 59.4 Å². The Morgan fingerprint density at radius 3 is 1.57 bits per heavy atom. The van der Waals surface area contributed by atoms with Crippen molar-refractivity contribution in [1.82, 2.24) is 9.80 Å². The molecule has 0 saturated heterocycles. The number of amides is 2. The summed E-state index contributed by atoms with van der Waals surface area (Å²) in [6.45, 7) is 2.46. The lowest BCUT2D eigenvalue weighted by Gasteiger charge is -2.22. The second-order valence-corrected chi connectivity index (χ2v) is 3.43. The Morgan fingerprint density at radius 2 is 1.36 bits per heavy atom. The molecule has 0 aromatic rings. The normalized spacial score (nSPS) is 10.0. The molecule has 0 unspecified atom stereocenters. The molecule has 0 aromatic carbocycles. The quantitative estimate of drug-likeness (QED) is 0.711. The summed E-state index contributed by atoms with van der Waals surface area (Å²) in [6, 6.07) is 0. The van der Waals surface area contributed by atoms with E-state index in [-0.39, 0.29) is 5.92 Å². The van der Waals surface area contributed by atoms with Crippen LogP contribution in [0.3, 0.4) is 0 Å². The summed E-state index contributed by atoms with van der Waals surface area (Å²) < 4.78 is 0. The van der Waals surface area contributed by atoms with Gasteiger partial charge in [0.25, 0.3) is 0 Å². The molecule has 14 heavy (non-hydrogen) atoms. The van der Waals surface area contributed by atoms with Crippen molar-refractivity contribution in [3.63, 3.8) is 0 Å². The predicted molar refractivity (Wildman–Crippen MR) is 50.5 cm³/mol. The number of hydrogen-bond donors (Lipinski definition) is 2. The van der Waals surface area contributed by atoms with Crippen molar-refractivity contribution in [2.75, 3.05) is 27.2 Å². The van der Waals surface area contributed by atoms with E-state index < -0.39 is 12.2 Å². The molecule has 0 atom stereocenters. The summed E-state index contributed by atoms with van der Waals surface area (Å²) in [5, 5.41) is 17.1. The van der Waals surface area contributed by atoms with Crippen molar-refractivity contribution in [1.29, 1.82) is 0 Å². The van der Waals surface area contributed by atoms with Gasteiger partial charge < -0.3 is 20.0 Å². The van der Waals surface area contributed by atoms with Gasteiger partial charge in [0.1, 0.15) is 0 Å². The third-order valence-electron chi connectivity index (χ3n) is 1.82. The fraction of sp³-hybridized carbons (Fsp3) is 0.750. The summed E-state index contributed by atoms with van der Waals surface area (Å²) >= 11 is 0. The highest BCUT2D eigenvalue weighted by atomic mass is 16.4. The van der Waals surface area contributed by atoms with Crippen LogP contribution in [0.25, 0.3) is 0 Å². The summed E-state index contributed by atoms with van der Waals surface area (Å²) in [4.78, 5) is 23.2. The van der Waals surface area contributed by atoms with Crippen LogP contribution < -0.4 is 0 Å². The molecule has 0 bridgehead atoms. The first-order chi connectivity index (χ1) is 6.34. The molecule has 0 heterocycles. The summed E-state index contributed by atoms with van der Waals surface area (Å²) in [5.41, 5.74) is 0. The fourth-order valence-electron chi connectivity index (χ4n) is 1.15. The zero-order chi connectivity index (χ0) is 11.3. The van der Waals surface area contributed by atoms with Gasteiger partial charge in [0, 0.05) is 27.2 Å². The second-order valence-electron chi connectivity index (χ2n) is 3.43. The standard InChI is InChI=1S/C8H16N2O4/c1-6(4-9(2)7(11)12)5-10(3)8(13)14/h6H,4-5H2,1-3H3,(H,11,12)(H,13,14). The van der Waals surface area contributed by atoms with E-state index in [1.54, 1.807) is 6.92 Å². The van der Waals surface area contributed by atoms with Gasteiger partial charge in [-0.25, -0.2) is 9.59 Å². The Bertz CT molecular complexity index is 197. The molecule has 0 spiro atoms. The molecular formula is C8H16N2O4. The van der Waals surface area contributed by atoms with Gasteiger partial charge in [0.15, 0.2) is 0 Å². The Hall–Kier alpha value is -1.46. The van der Waals surface area contributed by atoms with E-state index >= 15 is 0 Å². The van der Waals surface area contributed by atoms with Gasteiger partial charge in [-0.05, 0) is 5.92 Å². The van der Waals surface area contributed by atoms with Crippen LogP contribution in [0.15, 0.2) is 0 Å². The van der Waals surface area contributed by atoms with Crippen LogP contribution in [0, 0.1) is 5.92 Å². The molecule has 0 fully saturated rings. The van der Waals surface area contributed by atoms with Crippen LogP contribution in [0.5, 0.6) is 0 Å². The van der Waals surface area contributed by atoms with Gasteiger partial charge in [0.05, 0.1) is 0 Å². The second kappa shape index (κ2) is 5.31. The minimum absolute atomic E-state index is 0.0165. The first-order valence-corrected chi connectivity index (χ1v) is 4.22. The number of carbonyl (C=O) groups is 2. The van der Waals surface area contributed by atoms with E-state index in [2.05, 4.69) is 0 Å². The molecule has 2 N–H and O–H groups in total. The van der Waals surface area contributed by atoms with E-state index in [0.29, 0.717) is 13.1 Å². The van der Waals surface area contributed by atoms with Crippen LogP contribution >= 0.6 is 0 Å². The summed E-state index contributed by atoms with van der Waals surface area (Å²) in [6.07, 6.45) is -2.01. The molecule has 0 aliphatic rings. The molecule has 6 heteroatoms. The van der Waals surface area contributed by atoms with E-state index in [0.717, 1.165) is 9.80 Å². The van der Waals surface area contributed by atoms with E-state index in [9.17, 15) is 9.59 Å². The van der Waals surface area contributed by atoms with Crippen LogP contribution in [0.1, 0.15) is 6.92 Å². The summed E-state index contributed by atoms with van der Waals surface area (Å²) in [7, 11) is 2.92. The van der Waals surface area contributed by atoms with E-state index in [1.807, 2.05) is 0 Å². The molecule has 6 nitrogen and oxygen atoms in total. The van der Waals surface area contributed by atoms with Gasteiger partial charge in [-0.2, -0.15) is 0 Å². The minimum atomic E-state index is -1.00. The topological polar surface area (TPSA) is 81.1 Å². The van der Waals surface area contributed by atoms with Crippen molar-refractivity contribution in [2.45, 2.75) is 6.92 Å². The molecule has 0 aliphatic carbocycles. The highest BCUT2D eigenvalue weighted by molar-refractivity contribution is 5.65. The first-order valence-electron chi connectivity index (χ1n) is 4.22. The first kappa shape index (κ1) is 12.5. The summed E-state index contributed by atoms with van der Waals surface area (Å²) in [5.74, 6) is -0.0165. The van der Waals surface area contributed by atoms with Gasteiger partial charge >= 0.3 is 12.2 Å². The molecular weight excluding hydrogens is 188 g/mol. The Balaban J connectivity index is 3.92. The fourth-order valence-corrected chi connectivity index (χ4v) is 1.15. The Morgan fingerprint density at radius 1 is 1.07 bits per heavy atom. The Kier molecular flexibility index (Phi) is 4.76. The lowest BCUT2D eigenvalue weighted by molar-refractivity contribution is 0.135. The van der Waals surface area contributed by atoms with Gasteiger partial charge in [-0.1, -0.05) is 6.92 Å². The van der Waals surface area contributed by atoms with Crippen LogP contribution in [-0.2, 0) is 0 Å². The average molecular weight is 204 g/mol. The monoisotopic (exact) mass is 204 g/mol. The number of rotatable bonds is 4. The maximum atomic E-state index is 10.5. The van der Waals surface area contributed by atoms with Crippen molar-refractivity contribution in [2.24, 2.45) is 5.92 Å². The van der Waals surface area contributed by atoms with Gasteiger partial charge in [-0.15, -0.1) is 0 Å². The largest absolute Gasteiger partial charge is 0.465 e. The molecule has 82 valence electrons. The van der Waals surface area contributed by atoms with Crippen LogP contribution in [0.4, 0.5) is 9.59 Å². The highest BCUT2D eigenvalue weighted by Crippen LogP contribution is 2.01. The zero-order valence-electron chi connectivity index (χ0n) is 8.60. The molecule has 0 aromatic heterocycles. The van der Waals surface area contributed by atoms with Gasteiger partial charge in [0.2, 0.25) is 0 Å². The molecule has 2 amide bonds. The lowest BCUT2D eigenvalue weighted by atomic mass is 10.1. The smallest absolute Gasteiger partial charge is 0.407 e. The van der Waals surface area contributed by atoms with Crippen molar-refractivity contribution < 1.29 is 19.8 Å². The van der Waals surface area contributed by atoms with Crippen molar-refractivity contribution >= 4 is 12.2 Å². The minimum Gasteiger partial charge on any atom is -0.465 e. The third kappa shape index (κ3) is 4.54. The molecule has 0 rings (SSSR count). The molecule has 0 radical (unpaired) electrons. The maximum Gasteiger partial charge on any atom is 0.407 e. The molecule has 0 aliphatic heterocycles. The SMILES string of the molecule is CC(CN(C)C(=O)O)CN(C)C(=O)O. The van der Waals surface area contributed by atoms with E-state index in [1.165, 1.54) is 14.1 Å². The number of nitrogens with zero attached hydrogens (tertiary/aromatic N) is 2. The Labute approximate surface area is 82.7 Å². The van der Waals surface area contributed by atoms with E-state index in [4.69, 9.17) is 10.2 Å². The molecule has 0 saturated carbocycles.